The maximum absolute atomic E-state index is 5.95. The predicted molar refractivity (Wildman–Crippen MR) is 70.5 cm³/mol. The van der Waals surface area contributed by atoms with Gasteiger partial charge in [-0.1, -0.05) is 27.7 Å². The number of hydrogen-bond donors (Lipinski definition) is 1. The van der Waals surface area contributed by atoms with E-state index in [9.17, 15) is 0 Å². The molecule has 0 aromatic carbocycles. The highest BCUT2D eigenvalue weighted by Gasteiger charge is 2.38. The van der Waals surface area contributed by atoms with Gasteiger partial charge in [0.1, 0.15) is 0 Å². The quantitative estimate of drug-likeness (QED) is 0.787. The van der Waals surface area contributed by atoms with E-state index < -0.39 is 0 Å². The number of likely N-dealkylation sites (N-methyl/N-ethyl adjacent to an activating group) is 1. The molecule has 0 aromatic heterocycles. The van der Waals surface area contributed by atoms with Crippen LogP contribution in [0.15, 0.2) is 0 Å². The maximum Gasteiger partial charge on any atom is 0.0267 e. The van der Waals surface area contributed by atoms with Crippen molar-refractivity contribution in [2.24, 2.45) is 17.1 Å². The molecule has 16 heavy (non-hydrogen) atoms. The van der Waals surface area contributed by atoms with E-state index in [0.29, 0.717) is 12.1 Å². The molecule has 96 valence electrons. The second-order valence-electron chi connectivity index (χ2n) is 6.58. The van der Waals surface area contributed by atoms with Gasteiger partial charge in [0.2, 0.25) is 0 Å². The molecule has 3 atom stereocenters. The lowest BCUT2D eigenvalue weighted by Crippen LogP contribution is -2.48. The third-order valence-corrected chi connectivity index (χ3v) is 3.93. The predicted octanol–water partition coefficient (Wildman–Crippen LogP) is 1.24. The van der Waals surface area contributed by atoms with Crippen molar-refractivity contribution in [3.63, 3.8) is 0 Å². The molecule has 3 nitrogen and oxygen atoms in total. The van der Waals surface area contributed by atoms with Crippen LogP contribution in [0.5, 0.6) is 0 Å². The van der Waals surface area contributed by atoms with Crippen LogP contribution in [-0.2, 0) is 0 Å². The summed E-state index contributed by atoms with van der Waals surface area (Å²) >= 11 is 0. The van der Waals surface area contributed by atoms with Gasteiger partial charge in [-0.3, -0.25) is 4.90 Å². The third kappa shape index (κ3) is 2.96. The minimum absolute atomic E-state index is 0.273. The van der Waals surface area contributed by atoms with E-state index in [1.807, 2.05) is 0 Å². The van der Waals surface area contributed by atoms with Gasteiger partial charge in [-0.25, -0.2) is 0 Å². The molecule has 1 aliphatic heterocycles. The lowest BCUT2D eigenvalue weighted by molar-refractivity contribution is 0.121. The lowest BCUT2D eigenvalue weighted by Gasteiger charge is -2.37. The summed E-state index contributed by atoms with van der Waals surface area (Å²) in [5, 5.41) is 0. The second kappa shape index (κ2) is 5.03. The van der Waals surface area contributed by atoms with Crippen LogP contribution in [0.25, 0.3) is 0 Å². The smallest absolute Gasteiger partial charge is 0.0267 e. The van der Waals surface area contributed by atoms with Crippen molar-refractivity contribution in [2.45, 2.75) is 39.8 Å². The largest absolute Gasteiger partial charge is 0.329 e. The first-order valence-electron chi connectivity index (χ1n) is 6.38. The summed E-state index contributed by atoms with van der Waals surface area (Å²) in [7, 11) is 4.36. The molecule has 0 aromatic rings. The summed E-state index contributed by atoms with van der Waals surface area (Å²) in [5.41, 5.74) is 6.22. The minimum atomic E-state index is 0.273. The van der Waals surface area contributed by atoms with E-state index in [1.165, 1.54) is 6.54 Å². The van der Waals surface area contributed by atoms with E-state index in [0.717, 1.165) is 19.0 Å². The zero-order valence-electron chi connectivity index (χ0n) is 11.8. The van der Waals surface area contributed by atoms with Gasteiger partial charge >= 0.3 is 0 Å². The average molecular weight is 227 g/mol. The summed E-state index contributed by atoms with van der Waals surface area (Å²) in [5.74, 6) is 0.742. The van der Waals surface area contributed by atoms with Crippen molar-refractivity contribution in [2.75, 3.05) is 33.7 Å². The Morgan fingerprint density at radius 1 is 1.31 bits per heavy atom. The van der Waals surface area contributed by atoms with E-state index >= 15 is 0 Å². The first-order chi connectivity index (χ1) is 7.27. The molecular formula is C13H29N3. The van der Waals surface area contributed by atoms with Gasteiger partial charge in [-0.05, 0) is 25.4 Å². The summed E-state index contributed by atoms with van der Waals surface area (Å²) in [6.45, 7) is 12.3. The van der Waals surface area contributed by atoms with E-state index in [2.05, 4.69) is 51.6 Å². The highest BCUT2D eigenvalue weighted by molar-refractivity contribution is 4.93. The van der Waals surface area contributed by atoms with E-state index in [-0.39, 0.29) is 5.41 Å². The van der Waals surface area contributed by atoms with Crippen molar-refractivity contribution in [1.29, 1.82) is 0 Å². The van der Waals surface area contributed by atoms with Crippen molar-refractivity contribution in [3.05, 3.63) is 0 Å². The number of nitrogens with two attached hydrogens (primary N) is 1. The van der Waals surface area contributed by atoms with Crippen LogP contribution in [0.1, 0.15) is 27.7 Å². The van der Waals surface area contributed by atoms with Crippen molar-refractivity contribution < 1.29 is 0 Å². The molecule has 1 heterocycles. The number of hydrogen-bond acceptors (Lipinski definition) is 3. The third-order valence-electron chi connectivity index (χ3n) is 3.93. The molecule has 0 aliphatic carbocycles. The number of nitrogens with zero attached hydrogens (tertiary/aromatic N) is 2. The van der Waals surface area contributed by atoms with Crippen LogP contribution in [-0.4, -0.2) is 55.6 Å². The molecule has 0 saturated carbocycles. The van der Waals surface area contributed by atoms with Crippen LogP contribution in [0.4, 0.5) is 0 Å². The Labute approximate surface area is 101 Å². The SMILES string of the molecule is CC1CN(C(CN)C(C)(C)C)CC1N(C)C. The van der Waals surface area contributed by atoms with Crippen LogP contribution < -0.4 is 5.73 Å². The molecule has 1 rings (SSSR count). The Balaban J connectivity index is 2.70. The fourth-order valence-corrected chi connectivity index (χ4v) is 2.96. The summed E-state index contributed by atoms with van der Waals surface area (Å²) in [6.07, 6.45) is 0. The van der Waals surface area contributed by atoms with Gasteiger partial charge in [0.25, 0.3) is 0 Å². The average Bonchev–Trinajstić information content (AvgIpc) is 2.45. The molecule has 0 spiro atoms. The molecule has 1 aliphatic rings. The molecule has 1 fully saturated rings. The van der Waals surface area contributed by atoms with Crippen LogP contribution in [0, 0.1) is 11.3 Å². The second-order valence-corrected chi connectivity index (χ2v) is 6.58. The molecule has 0 amide bonds. The Morgan fingerprint density at radius 3 is 2.19 bits per heavy atom. The zero-order valence-corrected chi connectivity index (χ0v) is 11.8. The van der Waals surface area contributed by atoms with Crippen LogP contribution >= 0.6 is 0 Å². The topological polar surface area (TPSA) is 32.5 Å². The fraction of sp³-hybridized carbons (Fsp3) is 1.00. The number of rotatable bonds is 3. The van der Waals surface area contributed by atoms with Gasteiger partial charge in [0, 0.05) is 31.7 Å². The number of likely N-dealkylation sites (tertiary alicyclic amines) is 1. The monoisotopic (exact) mass is 227 g/mol. The molecule has 0 radical (unpaired) electrons. The van der Waals surface area contributed by atoms with Gasteiger partial charge in [0.05, 0.1) is 0 Å². The molecule has 2 N–H and O–H groups in total. The van der Waals surface area contributed by atoms with Crippen molar-refractivity contribution in [3.8, 4) is 0 Å². The molecule has 0 bridgehead atoms. The first-order valence-corrected chi connectivity index (χ1v) is 6.38. The highest BCUT2D eigenvalue weighted by atomic mass is 15.3. The standard InChI is InChI=1S/C13H29N3/c1-10-8-16(9-11(10)15(5)6)12(7-14)13(2,3)4/h10-12H,7-9,14H2,1-6H3. The summed E-state index contributed by atoms with van der Waals surface area (Å²) in [4.78, 5) is 4.93. The minimum Gasteiger partial charge on any atom is -0.329 e. The molecule has 1 saturated heterocycles. The van der Waals surface area contributed by atoms with Gasteiger partial charge in [-0.2, -0.15) is 0 Å². The summed E-state index contributed by atoms with van der Waals surface area (Å²) < 4.78 is 0. The van der Waals surface area contributed by atoms with Crippen molar-refractivity contribution >= 4 is 0 Å². The fourth-order valence-electron chi connectivity index (χ4n) is 2.96. The van der Waals surface area contributed by atoms with Crippen LogP contribution in [0.3, 0.4) is 0 Å². The molecule has 3 heteroatoms. The Hall–Kier alpha value is -0.120. The Kier molecular flexibility index (Phi) is 4.38. The zero-order chi connectivity index (χ0) is 12.5. The highest BCUT2D eigenvalue weighted by Crippen LogP contribution is 2.29. The van der Waals surface area contributed by atoms with Crippen LogP contribution in [0.2, 0.25) is 0 Å². The Morgan fingerprint density at radius 2 is 1.88 bits per heavy atom. The van der Waals surface area contributed by atoms with Gasteiger partial charge < -0.3 is 10.6 Å². The summed E-state index contributed by atoms with van der Waals surface area (Å²) in [6, 6.07) is 1.18. The maximum atomic E-state index is 5.95. The van der Waals surface area contributed by atoms with Crippen molar-refractivity contribution in [1.82, 2.24) is 9.80 Å². The lowest BCUT2D eigenvalue weighted by atomic mass is 9.86. The first kappa shape index (κ1) is 13.9. The van der Waals surface area contributed by atoms with Gasteiger partial charge in [-0.15, -0.1) is 0 Å². The van der Waals surface area contributed by atoms with E-state index in [1.54, 1.807) is 0 Å². The van der Waals surface area contributed by atoms with E-state index in [4.69, 9.17) is 5.73 Å². The normalized spacial score (nSPS) is 30.0. The molecule has 3 unspecified atom stereocenters. The Bertz CT molecular complexity index is 220. The molecular weight excluding hydrogens is 198 g/mol. The van der Waals surface area contributed by atoms with Gasteiger partial charge in [0.15, 0.2) is 0 Å².